The SMILES string of the molecule is C1=CCCC(C2=CC=C(N(c3ccc(-c4ccccc4)cc3)C3C=CC(c4ccc(-n5c6c(c7ccccc75)C=CCC6)cc4)CC3)CC2)=C1. The first kappa shape index (κ1) is 30.7. The average Bonchev–Trinajstić information content (AvgIpc) is 3.54. The number of rotatable bonds is 7. The third kappa shape index (κ3) is 5.83. The summed E-state index contributed by atoms with van der Waals surface area (Å²) in [6.45, 7) is 0. The number of aromatic nitrogens is 1. The van der Waals surface area contributed by atoms with Crippen LogP contribution in [0.5, 0.6) is 0 Å². The van der Waals surface area contributed by atoms with E-state index in [9.17, 15) is 0 Å². The van der Waals surface area contributed by atoms with Crippen LogP contribution >= 0.6 is 0 Å². The van der Waals surface area contributed by atoms with Crippen LogP contribution in [-0.4, -0.2) is 10.6 Å². The highest BCUT2D eigenvalue weighted by Gasteiger charge is 2.27. The largest absolute Gasteiger partial charge is 0.338 e. The molecule has 4 aliphatic carbocycles. The number of fused-ring (bicyclic) bond motifs is 3. The van der Waals surface area contributed by atoms with Gasteiger partial charge in [-0.1, -0.05) is 121 Å². The van der Waals surface area contributed by atoms with Crippen molar-refractivity contribution in [3.8, 4) is 16.8 Å². The summed E-state index contributed by atoms with van der Waals surface area (Å²) in [5.41, 5.74) is 15.0. The maximum Gasteiger partial charge on any atom is 0.0537 e. The van der Waals surface area contributed by atoms with Crippen molar-refractivity contribution in [2.45, 2.75) is 63.3 Å². The summed E-state index contributed by atoms with van der Waals surface area (Å²) in [5, 5.41) is 1.35. The molecule has 2 unspecified atom stereocenters. The molecule has 1 aromatic heterocycles. The number of anilines is 1. The van der Waals surface area contributed by atoms with Gasteiger partial charge in [-0.2, -0.15) is 0 Å². The molecule has 9 rings (SSSR count). The van der Waals surface area contributed by atoms with E-state index in [1.54, 1.807) is 0 Å². The molecule has 2 atom stereocenters. The van der Waals surface area contributed by atoms with Gasteiger partial charge < -0.3 is 9.47 Å². The van der Waals surface area contributed by atoms with Crippen molar-refractivity contribution in [2.75, 3.05) is 4.90 Å². The molecule has 0 saturated heterocycles. The van der Waals surface area contributed by atoms with E-state index in [2.05, 4.69) is 167 Å². The molecule has 4 aromatic carbocycles. The van der Waals surface area contributed by atoms with Crippen molar-refractivity contribution < 1.29 is 0 Å². The second-order valence-electron chi connectivity index (χ2n) is 14.2. The maximum atomic E-state index is 2.63. The zero-order valence-electron chi connectivity index (χ0n) is 28.7. The van der Waals surface area contributed by atoms with E-state index in [1.807, 2.05) is 0 Å². The van der Waals surface area contributed by atoms with E-state index in [4.69, 9.17) is 0 Å². The summed E-state index contributed by atoms with van der Waals surface area (Å²) in [6.07, 6.45) is 30.2. The number of para-hydroxylation sites is 1. The van der Waals surface area contributed by atoms with Gasteiger partial charge in [0.2, 0.25) is 0 Å². The van der Waals surface area contributed by atoms with Gasteiger partial charge >= 0.3 is 0 Å². The van der Waals surface area contributed by atoms with Crippen LogP contribution in [0.25, 0.3) is 33.8 Å². The fraction of sp³-hybridized carbons (Fsp3) is 0.208. The van der Waals surface area contributed by atoms with Crippen LogP contribution in [0, 0.1) is 0 Å². The standard InChI is InChI=1S/C48H44N2/c1-3-11-35(12-4-1)37-19-27-41(28-20-37)49(42-29-21-38(22-30-42)36-13-5-2-6-14-36)43-31-23-39(24-32-43)40-25-33-44(34-26-40)50-47-17-9-7-15-45(47)46-16-8-10-18-48(46)50/h1-5,7-9,11-13,15-17,19-21,23,25-29,31,33-34,39,43H,6,10,14,18,22,24,30,32H2. The Balaban J connectivity index is 0.993. The average molecular weight is 649 g/mol. The zero-order valence-corrected chi connectivity index (χ0v) is 28.7. The molecule has 246 valence electrons. The second-order valence-corrected chi connectivity index (χ2v) is 14.2. The highest BCUT2D eigenvalue weighted by Crippen LogP contribution is 2.39. The van der Waals surface area contributed by atoms with Gasteiger partial charge in [0.25, 0.3) is 0 Å². The lowest BCUT2D eigenvalue weighted by Crippen LogP contribution is -2.35. The van der Waals surface area contributed by atoms with Crippen molar-refractivity contribution in [1.82, 2.24) is 4.57 Å². The Bertz CT molecular complexity index is 2200. The minimum atomic E-state index is 0.331. The van der Waals surface area contributed by atoms with E-state index in [0.29, 0.717) is 12.0 Å². The van der Waals surface area contributed by atoms with E-state index in [1.165, 1.54) is 67.1 Å². The Morgan fingerprint density at radius 2 is 1.38 bits per heavy atom. The van der Waals surface area contributed by atoms with E-state index < -0.39 is 0 Å². The summed E-state index contributed by atoms with van der Waals surface area (Å²) < 4.78 is 2.49. The molecule has 4 aliphatic rings. The lowest BCUT2D eigenvalue weighted by Gasteiger charge is -2.38. The van der Waals surface area contributed by atoms with Crippen molar-refractivity contribution in [3.63, 3.8) is 0 Å². The summed E-state index contributed by atoms with van der Waals surface area (Å²) >= 11 is 0. The maximum absolute atomic E-state index is 2.63. The molecule has 0 saturated carbocycles. The van der Waals surface area contributed by atoms with Crippen LogP contribution in [0.3, 0.4) is 0 Å². The van der Waals surface area contributed by atoms with Crippen LogP contribution in [0.1, 0.15) is 67.7 Å². The van der Waals surface area contributed by atoms with Gasteiger partial charge in [-0.3, -0.25) is 0 Å². The number of nitrogens with zero attached hydrogens (tertiary/aromatic N) is 2. The Hall–Kier alpha value is -5.34. The van der Waals surface area contributed by atoms with Crippen molar-refractivity contribution in [2.24, 2.45) is 0 Å². The smallest absolute Gasteiger partial charge is 0.0537 e. The van der Waals surface area contributed by atoms with Crippen LogP contribution in [0.4, 0.5) is 5.69 Å². The number of benzene rings is 4. The zero-order chi connectivity index (χ0) is 33.3. The molecule has 5 aromatic rings. The van der Waals surface area contributed by atoms with Crippen LogP contribution in [-0.2, 0) is 6.42 Å². The monoisotopic (exact) mass is 648 g/mol. The predicted octanol–water partition coefficient (Wildman–Crippen LogP) is 12.4. The van der Waals surface area contributed by atoms with Gasteiger partial charge in [0.1, 0.15) is 0 Å². The summed E-state index contributed by atoms with van der Waals surface area (Å²) in [7, 11) is 0. The van der Waals surface area contributed by atoms with Gasteiger partial charge in [0, 0.05) is 39.6 Å². The van der Waals surface area contributed by atoms with Crippen LogP contribution < -0.4 is 4.90 Å². The minimum absolute atomic E-state index is 0.331. The summed E-state index contributed by atoms with van der Waals surface area (Å²) in [5.74, 6) is 0.430. The molecule has 0 aliphatic heterocycles. The first-order valence-corrected chi connectivity index (χ1v) is 18.6. The molecule has 0 bridgehead atoms. The van der Waals surface area contributed by atoms with Crippen molar-refractivity contribution in [1.29, 1.82) is 0 Å². The molecule has 2 heteroatoms. The van der Waals surface area contributed by atoms with Gasteiger partial charge in [-0.05, 0) is 116 Å². The first-order valence-electron chi connectivity index (χ1n) is 18.6. The lowest BCUT2D eigenvalue weighted by atomic mass is 9.85. The van der Waals surface area contributed by atoms with Crippen LogP contribution in [0.2, 0.25) is 0 Å². The summed E-state index contributed by atoms with van der Waals surface area (Å²) in [6, 6.07) is 38.6. The van der Waals surface area contributed by atoms with Crippen LogP contribution in [0.15, 0.2) is 169 Å². The lowest BCUT2D eigenvalue weighted by molar-refractivity contribution is 0.569. The van der Waals surface area contributed by atoms with E-state index in [0.717, 1.165) is 51.4 Å². The Morgan fingerprint density at radius 3 is 2.14 bits per heavy atom. The van der Waals surface area contributed by atoms with E-state index >= 15 is 0 Å². The first-order chi connectivity index (χ1) is 24.8. The van der Waals surface area contributed by atoms with E-state index in [-0.39, 0.29) is 0 Å². The number of allylic oxidation sites excluding steroid dienone is 10. The molecule has 2 nitrogen and oxygen atoms in total. The Labute approximate surface area is 296 Å². The van der Waals surface area contributed by atoms with Gasteiger partial charge in [0.15, 0.2) is 0 Å². The van der Waals surface area contributed by atoms with Gasteiger partial charge in [-0.25, -0.2) is 0 Å². The highest BCUT2D eigenvalue weighted by atomic mass is 15.2. The summed E-state index contributed by atoms with van der Waals surface area (Å²) in [4.78, 5) is 2.63. The fourth-order valence-electron chi connectivity index (χ4n) is 8.62. The molecule has 0 radical (unpaired) electrons. The molecule has 0 spiro atoms. The number of hydrogen-bond acceptors (Lipinski definition) is 1. The molecule has 0 N–H and O–H groups in total. The number of hydrogen-bond donors (Lipinski definition) is 0. The second kappa shape index (κ2) is 13.5. The third-order valence-corrected chi connectivity index (χ3v) is 11.2. The molecule has 0 amide bonds. The predicted molar refractivity (Wildman–Crippen MR) is 212 cm³/mol. The van der Waals surface area contributed by atoms with Crippen molar-refractivity contribution >= 4 is 22.7 Å². The Kier molecular flexibility index (Phi) is 8.30. The highest BCUT2D eigenvalue weighted by molar-refractivity contribution is 5.93. The third-order valence-electron chi connectivity index (χ3n) is 11.2. The van der Waals surface area contributed by atoms with Gasteiger partial charge in [0.05, 0.1) is 11.6 Å². The Morgan fingerprint density at radius 1 is 0.600 bits per heavy atom. The minimum Gasteiger partial charge on any atom is -0.338 e. The molecule has 1 heterocycles. The topological polar surface area (TPSA) is 8.17 Å². The molecule has 50 heavy (non-hydrogen) atoms. The normalized spacial score (nSPS) is 19.9. The molecule has 0 fully saturated rings. The quantitative estimate of drug-likeness (QED) is 0.159. The fourth-order valence-corrected chi connectivity index (χ4v) is 8.62. The van der Waals surface area contributed by atoms with Gasteiger partial charge in [-0.15, -0.1) is 0 Å². The molecular formula is C48H44N2. The van der Waals surface area contributed by atoms with Crippen molar-refractivity contribution in [3.05, 3.63) is 185 Å². The molecular weight excluding hydrogens is 605 g/mol.